The molecular formula is C13H19N5O. The monoisotopic (exact) mass is 261 g/mol. The number of piperidine rings is 1. The molecule has 0 spiro atoms. The molecule has 0 aromatic heterocycles. The van der Waals surface area contributed by atoms with Crippen LogP contribution >= 0.6 is 0 Å². The van der Waals surface area contributed by atoms with Gasteiger partial charge < -0.3 is 16.4 Å². The first-order valence-corrected chi connectivity index (χ1v) is 6.41. The van der Waals surface area contributed by atoms with Crippen molar-refractivity contribution in [3.63, 3.8) is 0 Å². The second kappa shape index (κ2) is 6.08. The standard InChI is InChI=1S/C13H19N5O/c14-12(17-13(15)19)16-10-4-6-11(7-5-10)18-8-2-1-3-9-18/h4-7H,1-3,8-9H2,(H5,14,15,16,17,19). The number of carbonyl (C=O) groups excluding carboxylic acids is 1. The average molecular weight is 261 g/mol. The van der Waals surface area contributed by atoms with Gasteiger partial charge in [0.25, 0.3) is 0 Å². The van der Waals surface area contributed by atoms with Gasteiger partial charge in [0, 0.05) is 18.8 Å². The molecular weight excluding hydrogens is 242 g/mol. The summed E-state index contributed by atoms with van der Waals surface area (Å²) in [6.45, 7) is 2.21. The molecule has 0 unspecified atom stereocenters. The highest BCUT2D eigenvalue weighted by molar-refractivity contribution is 5.95. The molecule has 1 aromatic rings. The number of anilines is 1. The summed E-state index contributed by atoms with van der Waals surface area (Å²) in [6.07, 6.45) is 3.80. The highest BCUT2D eigenvalue weighted by Crippen LogP contribution is 2.22. The number of nitrogens with one attached hydrogen (secondary N) is 1. The Morgan fingerprint density at radius 3 is 2.32 bits per heavy atom. The van der Waals surface area contributed by atoms with E-state index in [2.05, 4.69) is 15.2 Å². The van der Waals surface area contributed by atoms with Crippen LogP contribution < -0.4 is 21.7 Å². The van der Waals surface area contributed by atoms with Gasteiger partial charge in [-0.25, -0.2) is 9.79 Å². The minimum Gasteiger partial charge on any atom is -0.372 e. The van der Waals surface area contributed by atoms with Crippen molar-refractivity contribution in [1.29, 1.82) is 0 Å². The van der Waals surface area contributed by atoms with E-state index < -0.39 is 6.03 Å². The maximum Gasteiger partial charge on any atom is 0.318 e. The second-order valence-corrected chi connectivity index (χ2v) is 4.55. The maximum atomic E-state index is 10.6. The van der Waals surface area contributed by atoms with E-state index in [-0.39, 0.29) is 5.96 Å². The molecule has 2 rings (SSSR count). The van der Waals surface area contributed by atoms with Crippen molar-refractivity contribution in [3.05, 3.63) is 24.3 Å². The van der Waals surface area contributed by atoms with Crippen molar-refractivity contribution in [1.82, 2.24) is 5.32 Å². The zero-order valence-corrected chi connectivity index (χ0v) is 10.8. The highest BCUT2D eigenvalue weighted by Gasteiger charge is 2.10. The number of amides is 2. The Balaban J connectivity index is 2.03. The van der Waals surface area contributed by atoms with Crippen LogP contribution in [0.5, 0.6) is 0 Å². The summed E-state index contributed by atoms with van der Waals surface area (Å²) in [4.78, 5) is 17.0. The lowest BCUT2D eigenvalue weighted by atomic mass is 10.1. The fourth-order valence-electron chi connectivity index (χ4n) is 2.18. The van der Waals surface area contributed by atoms with Gasteiger partial charge in [0.1, 0.15) is 0 Å². The van der Waals surface area contributed by atoms with Crippen molar-refractivity contribution < 1.29 is 4.79 Å². The number of guanidine groups is 1. The molecule has 1 aliphatic heterocycles. The van der Waals surface area contributed by atoms with Crippen LogP contribution in [0.25, 0.3) is 0 Å². The zero-order valence-electron chi connectivity index (χ0n) is 10.8. The number of hydrogen-bond donors (Lipinski definition) is 3. The molecule has 102 valence electrons. The lowest BCUT2D eigenvalue weighted by Gasteiger charge is -2.28. The first-order chi connectivity index (χ1) is 9.15. The van der Waals surface area contributed by atoms with Crippen molar-refractivity contribution in [2.75, 3.05) is 18.0 Å². The number of aliphatic imine (C=N–C) groups is 1. The van der Waals surface area contributed by atoms with Crippen LogP contribution in [0.15, 0.2) is 29.3 Å². The van der Waals surface area contributed by atoms with Gasteiger partial charge in [0.2, 0.25) is 5.96 Å². The van der Waals surface area contributed by atoms with E-state index in [9.17, 15) is 4.79 Å². The van der Waals surface area contributed by atoms with Gasteiger partial charge in [-0.15, -0.1) is 0 Å². The average Bonchev–Trinajstić information content (AvgIpc) is 2.39. The first-order valence-electron chi connectivity index (χ1n) is 6.41. The molecule has 5 N–H and O–H groups in total. The quantitative estimate of drug-likeness (QED) is 0.553. The lowest BCUT2D eigenvalue weighted by molar-refractivity contribution is 0.253. The third-order valence-corrected chi connectivity index (χ3v) is 3.07. The van der Waals surface area contributed by atoms with Crippen molar-refractivity contribution >= 4 is 23.4 Å². The molecule has 1 saturated heterocycles. The molecule has 2 amide bonds. The lowest BCUT2D eigenvalue weighted by Crippen LogP contribution is -2.39. The normalized spacial score (nSPS) is 16.2. The molecule has 0 radical (unpaired) electrons. The van der Waals surface area contributed by atoms with E-state index in [4.69, 9.17) is 11.5 Å². The van der Waals surface area contributed by atoms with Crippen LogP contribution in [0.2, 0.25) is 0 Å². The summed E-state index contributed by atoms with van der Waals surface area (Å²) in [5, 5.41) is 2.23. The highest BCUT2D eigenvalue weighted by atomic mass is 16.2. The van der Waals surface area contributed by atoms with E-state index in [0.29, 0.717) is 5.69 Å². The first kappa shape index (κ1) is 13.2. The fourth-order valence-corrected chi connectivity index (χ4v) is 2.18. The number of nitrogens with two attached hydrogens (primary N) is 2. The smallest absolute Gasteiger partial charge is 0.318 e. The molecule has 0 aliphatic carbocycles. The summed E-state index contributed by atoms with van der Waals surface area (Å²) in [6, 6.07) is 7.06. The Morgan fingerprint density at radius 2 is 1.74 bits per heavy atom. The van der Waals surface area contributed by atoms with Crippen molar-refractivity contribution in [2.45, 2.75) is 19.3 Å². The Bertz CT molecular complexity index is 462. The van der Waals surface area contributed by atoms with Gasteiger partial charge >= 0.3 is 6.03 Å². The van der Waals surface area contributed by atoms with E-state index in [1.807, 2.05) is 24.3 Å². The number of rotatable bonds is 2. The summed E-state index contributed by atoms with van der Waals surface area (Å²) in [5.41, 5.74) is 12.3. The van der Waals surface area contributed by atoms with E-state index in [0.717, 1.165) is 13.1 Å². The minimum absolute atomic E-state index is 0.00165. The van der Waals surface area contributed by atoms with E-state index >= 15 is 0 Å². The third-order valence-electron chi connectivity index (χ3n) is 3.07. The summed E-state index contributed by atoms with van der Waals surface area (Å²) in [7, 11) is 0. The van der Waals surface area contributed by atoms with Gasteiger partial charge in [-0.05, 0) is 43.5 Å². The summed E-state index contributed by atoms with van der Waals surface area (Å²) < 4.78 is 0. The predicted molar refractivity (Wildman–Crippen MR) is 76.5 cm³/mol. The number of urea groups is 1. The van der Waals surface area contributed by atoms with Crippen LogP contribution in [0.1, 0.15) is 19.3 Å². The maximum absolute atomic E-state index is 10.6. The van der Waals surface area contributed by atoms with Gasteiger partial charge in [-0.3, -0.25) is 5.32 Å². The number of hydrogen-bond acceptors (Lipinski definition) is 3. The van der Waals surface area contributed by atoms with Gasteiger partial charge in [0.05, 0.1) is 5.69 Å². The number of primary amides is 1. The molecule has 0 bridgehead atoms. The van der Waals surface area contributed by atoms with Crippen LogP contribution in [-0.2, 0) is 0 Å². The van der Waals surface area contributed by atoms with Gasteiger partial charge in [-0.1, -0.05) is 0 Å². The largest absolute Gasteiger partial charge is 0.372 e. The summed E-state index contributed by atoms with van der Waals surface area (Å²) >= 11 is 0. The topological polar surface area (TPSA) is 96.7 Å². The Hall–Kier alpha value is -2.24. The summed E-state index contributed by atoms with van der Waals surface area (Å²) in [5.74, 6) is -0.00165. The molecule has 6 nitrogen and oxygen atoms in total. The Labute approximate surface area is 112 Å². The number of carbonyl (C=O) groups is 1. The molecule has 0 atom stereocenters. The molecule has 0 saturated carbocycles. The van der Waals surface area contributed by atoms with Crippen LogP contribution in [0.3, 0.4) is 0 Å². The third kappa shape index (κ3) is 3.87. The van der Waals surface area contributed by atoms with Crippen LogP contribution in [0.4, 0.5) is 16.2 Å². The fraction of sp³-hybridized carbons (Fsp3) is 0.385. The van der Waals surface area contributed by atoms with E-state index in [1.54, 1.807) is 0 Å². The number of nitrogens with zero attached hydrogens (tertiary/aromatic N) is 2. The minimum atomic E-state index is -0.716. The Kier molecular flexibility index (Phi) is 4.22. The van der Waals surface area contributed by atoms with Crippen LogP contribution in [0, 0.1) is 0 Å². The molecule has 1 aliphatic rings. The second-order valence-electron chi connectivity index (χ2n) is 4.55. The van der Waals surface area contributed by atoms with Crippen molar-refractivity contribution in [2.24, 2.45) is 16.5 Å². The molecule has 19 heavy (non-hydrogen) atoms. The molecule has 1 heterocycles. The van der Waals surface area contributed by atoms with Crippen LogP contribution in [-0.4, -0.2) is 25.1 Å². The van der Waals surface area contributed by atoms with Crippen molar-refractivity contribution in [3.8, 4) is 0 Å². The zero-order chi connectivity index (χ0) is 13.7. The molecule has 1 fully saturated rings. The number of benzene rings is 1. The SMILES string of the molecule is NC(=O)NC(N)=Nc1ccc(N2CCCCC2)cc1. The Morgan fingerprint density at radius 1 is 1.11 bits per heavy atom. The molecule has 6 heteroatoms. The van der Waals surface area contributed by atoms with Gasteiger partial charge in [0.15, 0.2) is 0 Å². The predicted octanol–water partition coefficient (Wildman–Crippen LogP) is 1.29. The van der Waals surface area contributed by atoms with Gasteiger partial charge in [-0.2, -0.15) is 0 Å². The van der Waals surface area contributed by atoms with E-state index in [1.165, 1.54) is 24.9 Å². The molecule has 1 aromatic carbocycles.